The summed E-state index contributed by atoms with van der Waals surface area (Å²) >= 11 is 0. The molecule has 0 bridgehead atoms. The zero-order valence-corrected chi connectivity index (χ0v) is 14.8. The summed E-state index contributed by atoms with van der Waals surface area (Å²) in [6.07, 6.45) is 0.875. The second-order valence-corrected chi connectivity index (χ2v) is 5.18. The molecule has 0 aliphatic carbocycles. The number of halogens is 2. The van der Waals surface area contributed by atoms with E-state index in [2.05, 4.69) is 46.9 Å². The molecule has 0 saturated heterocycles. The van der Waals surface area contributed by atoms with Crippen LogP contribution in [0.2, 0.25) is 0 Å². The maximum atomic E-state index is 7.88. The van der Waals surface area contributed by atoms with Crippen molar-refractivity contribution in [2.24, 2.45) is 0 Å². The van der Waals surface area contributed by atoms with Gasteiger partial charge in [-0.25, -0.2) is 0 Å². The molecule has 0 aliphatic heterocycles. The second kappa shape index (κ2) is 14.3. The van der Waals surface area contributed by atoms with Crippen LogP contribution in [-0.2, 0) is 21.7 Å². The van der Waals surface area contributed by atoms with E-state index in [0.717, 1.165) is 6.42 Å². The van der Waals surface area contributed by atoms with Crippen molar-refractivity contribution in [1.82, 2.24) is 0 Å². The van der Waals surface area contributed by atoms with Crippen molar-refractivity contribution in [3.63, 3.8) is 0 Å². The van der Waals surface area contributed by atoms with E-state index < -0.39 is 0 Å². The van der Waals surface area contributed by atoms with E-state index in [9.17, 15) is 0 Å². The van der Waals surface area contributed by atoms with Crippen LogP contribution in [0.15, 0.2) is 0 Å². The molecule has 1 N–H and O–H groups in total. The number of hydrogen-bond acceptors (Lipinski definition) is 1. The van der Waals surface area contributed by atoms with Gasteiger partial charge in [-0.15, -0.1) is 35.9 Å². The molecule has 0 atom stereocenters. The molecule has 0 aromatic heterocycles. The van der Waals surface area contributed by atoms with Gasteiger partial charge in [-0.05, 0) is 6.42 Å². The van der Waals surface area contributed by atoms with Crippen molar-refractivity contribution in [2.75, 3.05) is 6.61 Å². The minimum absolute atomic E-state index is 0. The van der Waals surface area contributed by atoms with Gasteiger partial charge in [0.25, 0.3) is 0 Å². The predicted octanol–water partition coefficient (Wildman–Crippen LogP) is 4.19. The molecule has 0 aromatic carbocycles. The molecule has 0 spiro atoms. The molecule has 0 saturated carbocycles. The minimum atomic E-state index is 0. The van der Waals surface area contributed by atoms with E-state index in [4.69, 9.17) is 5.11 Å². The molecular formula is C11H28Cl2NOTi-. The van der Waals surface area contributed by atoms with Crippen molar-refractivity contribution in [2.45, 2.75) is 66.0 Å². The van der Waals surface area contributed by atoms with Crippen LogP contribution in [0.25, 0.3) is 5.32 Å². The Morgan fingerprint density at radius 2 is 1.06 bits per heavy atom. The molecule has 16 heavy (non-hydrogen) atoms. The smallest absolute Gasteiger partial charge is 0.0428 e. The van der Waals surface area contributed by atoms with Crippen LogP contribution in [0.3, 0.4) is 0 Å². The van der Waals surface area contributed by atoms with E-state index in [1.54, 1.807) is 0 Å². The van der Waals surface area contributed by atoms with Gasteiger partial charge in [-0.2, -0.15) is 0 Å². The summed E-state index contributed by atoms with van der Waals surface area (Å²) in [5.41, 5.74) is 0.219. The normalized spacial score (nSPS) is 9.75. The molecule has 0 rings (SSSR count). The maximum Gasteiger partial charge on any atom is 0.0428 e. The first-order valence-corrected chi connectivity index (χ1v) is 4.97. The van der Waals surface area contributed by atoms with Crippen LogP contribution in [0.5, 0.6) is 0 Å². The van der Waals surface area contributed by atoms with Crippen LogP contribution in [0, 0.1) is 0 Å². The Hall–Kier alpha value is 1.21. The Balaban J connectivity index is -0.0000000511. The van der Waals surface area contributed by atoms with Gasteiger partial charge in [0, 0.05) is 28.3 Å². The molecular weight excluding hydrogens is 281 g/mol. The third-order valence-corrected chi connectivity index (χ3v) is 0.894. The number of hydrogen-bond donors (Lipinski definition) is 1. The Kier molecular flexibility index (Phi) is 27.1. The van der Waals surface area contributed by atoms with E-state index in [-0.39, 0.29) is 57.6 Å². The van der Waals surface area contributed by atoms with Gasteiger partial charge in [0.2, 0.25) is 0 Å². The first-order valence-electron chi connectivity index (χ1n) is 4.97. The van der Waals surface area contributed by atoms with Crippen molar-refractivity contribution < 1.29 is 26.8 Å². The second-order valence-electron chi connectivity index (χ2n) is 5.18. The van der Waals surface area contributed by atoms with Gasteiger partial charge in [0.15, 0.2) is 0 Å². The number of rotatable bonds is 1. The fourth-order valence-corrected chi connectivity index (χ4v) is 1.01. The molecule has 102 valence electrons. The molecule has 0 fully saturated rings. The summed E-state index contributed by atoms with van der Waals surface area (Å²) in [6.45, 7) is 15.0. The third kappa shape index (κ3) is 45.6. The minimum Gasteiger partial charge on any atom is -0.653 e. The quantitative estimate of drug-likeness (QED) is 0.724. The molecule has 0 radical (unpaired) electrons. The molecule has 0 aliphatic rings. The summed E-state index contributed by atoms with van der Waals surface area (Å²) < 4.78 is 0. The van der Waals surface area contributed by atoms with E-state index in [1.165, 1.54) is 0 Å². The summed E-state index contributed by atoms with van der Waals surface area (Å²) in [5.74, 6) is 0. The standard InChI is InChI=1S/C8H18N.C3H8O.2ClH.Ti/c1-7(2,3)9-8(4,5)6;1-2-3-4;;;/h1-6H3;4H,2-3H2,1H3;2*1H;/q-1;;;;. The van der Waals surface area contributed by atoms with E-state index in [0.29, 0.717) is 6.61 Å². The van der Waals surface area contributed by atoms with Crippen LogP contribution in [-0.4, -0.2) is 22.8 Å². The Morgan fingerprint density at radius 3 is 1.06 bits per heavy atom. The molecule has 0 heterocycles. The fraction of sp³-hybridized carbons (Fsp3) is 1.00. The Bertz CT molecular complexity index is 108. The topological polar surface area (TPSA) is 34.3 Å². The van der Waals surface area contributed by atoms with Gasteiger partial charge in [-0.3, -0.25) is 0 Å². The zero-order valence-electron chi connectivity index (χ0n) is 11.6. The summed E-state index contributed by atoms with van der Waals surface area (Å²) in [6, 6.07) is 0. The Morgan fingerprint density at radius 1 is 0.875 bits per heavy atom. The SMILES string of the molecule is CC(C)(C)[N-]C(C)(C)C.CCCO.Cl.Cl.[Ti]. The van der Waals surface area contributed by atoms with E-state index >= 15 is 0 Å². The number of aliphatic hydroxyl groups is 1. The first-order chi connectivity index (χ1) is 5.62. The average molecular weight is 309 g/mol. The Labute approximate surface area is 129 Å². The summed E-state index contributed by atoms with van der Waals surface area (Å²) in [5, 5.41) is 12.4. The third-order valence-electron chi connectivity index (χ3n) is 0.894. The largest absolute Gasteiger partial charge is 0.653 e. The predicted molar refractivity (Wildman–Crippen MR) is 74.7 cm³/mol. The van der Waals surface area contributed by atoms with Crippen LogP contribution < -0.4 is 0 Å². The molecule has 2 nitrogen and oxygen atoms in total. The van der Waals surface area contributed by atoms with E-state index in [1.807, 2.05) is 6.92 Å². The molecule has 0 unspecified atom stereocenters. The van der Waals surface area contributed by atoms with Crippen molar-refractivity contribution in [1.29, 1.82) is 0 Å². The summed E-state index contributed by atoms with van der Waals surface area (Å²) in [4.78, 5) is 0. The first kappa shape index (κ1) is 30.3. The number of aliphatic hydroxyl groups excluding tert-OH is 1. The van der Waals surface area contributed by atoms with Gasteiger partial charge < -0.3 is 10.4 Å². The van der Waals surface area contributed by atoms with Crippen molar-refractivity contribution in [3.8, 4) is 0 Å². The molecule has 0 amide bonds. The summed E-state index contributed by atoms with van der Waals surface area (Å²) in [7, 11) is 0. The molecule has 0 aromatic rings. The zero-order chi connectivity index (χ0) is 11.1. The number of nitrogens with zero attached hydrogens (tertiary/aromatic N) is 1. The van der Waals surface area contributed by atoms with Crippen LogP contribution in [0.4, 0.5) is 0 Å². The fourth-order valence-electron chi connectivity index (χ4n) is 1.01. The van der Waals surface area contributed by atoms with Gasteiger partial charge in [0.1, 0.15) is 0 Å². The molecule has 5 heteroatoms. The maximum absolute atomic E-state index is 7.88. The average Bonchev–Trinajstić information content (AvgIpc) is 1.80. The van der Waals surface area contributed by atoms with Crippen LogP contribution in [0.1, 0.15) is 54.9 Å². The van der Waals surface area contributed by atoms with Crippen LogP contribution >= 0.6 is 24.8 Å². The van der Waals surface area contributed by atoms with Crippen molar-refractivity contribution in [3.05, 3.63) is 5.32 Å². The van der Waals surface area contributed by atoms with Gasteiger partial charge in [-0.1, -0.05) is 48.5 Å². The van der Waals surface area contributed by atoms with Crippen molar-refractivity contribution >= 4 is 24.8 Å². The van der Waals surface area contributed by atoms with Gasteiger partial charge in [0.05, 0.1) is 0 Å². The monoisotopic (exact) mass is 308 g/mol. The van der Waals surface area contributed by atoms with Gasteiger partial charge >= 0.3 is 0 Å².